The van der Waals surface area contributed by atoms with E-state index in [1.165, 1.54) is 38.1 Å². The summed E-state index contributed by atoms with van der Waals surface area (Å²) < 4.78 is 0. The molecule has 14 nitrogen and oxygen atoms in total. The highest BCUT2D eigenvalue weighted by Gasteiger charge is 2.27. The minimum atomic E-state index is -1.58. The number of ketones is 2. The zero-order chi connectivity index (χ0) is 45.4. The molecular weight excluding hydrogens is 855 g/mol. The third kappa shape index (κ3) is 11.4. The van der Waals surface area contributed by atoms with E-state index >= 15 is 0 Å². The van der Waals surface area contributed by atoms with Crippen LogP contribution in [0.2, 0.25) is 15.1 Å². The van der Waals surface area contributed by atoms with E-state index < -0.39 is 47.3 Å². The van der Waals surface area contributed by atoms with Crippen molar-refractivity contribution in [3.05, 3.63) is 139 Å². The minimum Gasteiger partial charge on any atom is -0.323 e. The van der Waals surface area contributed by atoms with E-state index in [9.17, 15) is 28.8 Å². The molecule has 62 heavy (non-hydrogen) atoms. The summed E-state index contributed by atoms with van der Waals surface area (Å²) in [5.41, 5.74) is 5.52. The number of halogens is 3. The number of rotatable bonds is 14. The van der Waals surface area contributed by atoms with Crippen LogP contribution in [0.25, 0.3) is 0 Å². The van der Waals surface area contributed by atoms with Crippen molar-refractivity contribution in [2.45, 2.75) is 60.5 Å². The van der Waals surface area contributed by atoms with Crippen LogP contribution >= 0.6 is 34.8 Å². The lowest BCUT2D eigenvalue weighted by Gasteiger charge is -2.16. The van der Waals surface area contributed by atoms with Gasteiger partial charge in [-0.2, -0.15) is 20.5 Å². The maximum Gasteiger partial charge on any atom is 0.258 e. The first-order chi connectivity index (χ1) is 29.3. The average molecular weight is 896 g/mol. The number of hydrogen-bond acceptors (Lipinski definition) is 10. The van der Waals surface area contributed by atoms with Gasteiger partial charge in [0.2, 0.25) is 12.1 Å². The zero-order valence-corrected chi connectivity index (χ0v) is 36.9. The summed E-state index contributed by atoms with van der Waals surface area (Å²) in [6, 6.07) is 19.5. The zero-order valence-electron chi connectivity index (χ0n) is 34.6. The Hall–Kier alpha value is -6.61. The highest BCUT2D eigenvalue weighted by atomic mass is 35.5. The number of carbonyl (C=O) groups is 6. The molecule has 0 aliphatic rings. The van der Waals surface area contributed by atoms with Crippen LogP contribution in [0.4, 0.5) is 34.1 Å². The van der Waals surface area contributed by atoms with E-state index in [0.717, 1.165) is 0 Å². The molecule has 4 N–H and O–H groups in total. The number of amides is 4. The lowest BCUT2D eigenvalue weighted by Crippen LogP contribution is -2.32. The van der Waals surface area contributed by atoms with Crippen molar-refractivity contribution in [1.29, 1.82) is 0 Å². The van der Waals surface area contributed by atoms with Gasteiger partial charge in [-0.25, -0.2) is 0 Å². The van der Waals surface area contributed by atoms with E-state index in [2.05, 4.69) is 41.7 Å². The van der Waals surface area contributed by atoms with Crippen molar-refractivity contribution < 1.29 is 28.8 Å². The molecule has 4 amide bonds. The highest BCUT2D eigenvalue weighted by Crippen LogP contribution is 2.31. The fourth-order valence-corrected chi connectivity index (χ4v) is 6.34. The van der Waals surface area contributed by atoms with Crippen LogP contribution in [0, 0.1) is 34.6 Å². The Morgan fingerprint density at radius 1 is 0.468 bits per heavy atom. The van der Waals surface area contributed by atoms with E-state index in [0.29, 0.717) is 49.2 Å². The molecule has 0 spiro atoms. The van der Waals surface area contributed by atoms with Gasteiger partial charge in [0.1, 0.15) is 0 Å². The summed E-state index contributed by atoms with van der Waals surface area (Å²) in [6.07, 6.45) is 0. The van der Waals surface area contributed by atoms with Gasteiger partial charge in [-0.3, -0.25) is 28.8 Å². The lowest BCUT2D eigenvalue weighted by atomic mass is 10.1. The second-order valence-electron chi connectivity index (χ2n) is 14.3. The molecule has 0 aliphatic heterocycles. The third-order valence-corrected chi connectivity index (χ3v) is 10.8. The quantitative estimate of drug-likeness (QED) is 0.0631. The number of benzene rings is 5. The molecule has 5 aromatic rings. The van der Waals surface area contributed by atoms with E-state index in [-0.39, 0.29) is 38.9 Å². The van der Waals surface area contributed by atoms with Crippen LogP contribution < -0.4 is 21.3 Å². The molecule has 17 heteroatoms. The summed E-state index contributed by atoms with van der Waals surface area (Å²) in [6.45, 7) is 11.0. The molecule has 0 fully saturated rings. The molecular formula is C45H41Cl3N8O6. The van der Waals surface area contributed by atoms with Gasteiger partial charge >= 0.3 is 0 Å². The van der Waals surface area contributed by atoms with Gasteiger partial charge in [-0.15, -0.1) is 0 Å². The van der Waals surface area contributed by atoms with Gasteiger partial charge in [0.15, 0.2) is 11.6 Å². The number of azo groups is 2. The molecule has 5 aromatic carbocycles. The second kappa shape index (κ2) is 20.3. The third-order valence-electron chi connectivity index (χ3n) is 9.63. The molecule has 2 unspecified atom stereocenters. The Morgan fingerprint density at radius 3 is 1.31 bits per heavy atom. The molecule has 0 bridgehead atoms. The number of nitrogens with zero attached hydrogens (tertiary/aromatic N) is 4. The molecule has 5 rings (SSSR count). The number of hydrogen-bond donors (Lipinski definition) is 4. The van der Waals surface area contributed by atoms with Gasteiger partial charge in [-0.1, -0.05) is 59.1 Å². The maximum absolute atomic E-state index is 13.4. The number of nitrogens with one attached hydrogen (secondary N) is 4. The number of aryl methyl sites for hydroxylation is 3. The van der Waals surface area contributed by atoms with Gasteiger partial charge in [-0.05, 0) is 137 Å². The fourth-order valence-electron chi connectivity index (χ4n) is 5.78. The molecule has 0 aliphatic carbocycles. The lowest BCUT2D eigenvalue weighted by molar-refractivity contribution is -0.127. The predicted octanol–water partition coefficient (Wildman–Crippen LogP) is 11.1. The van der Waals surface area contributed by atoms with Crippen molar-refractivity contribution in [2.24, 2.45) is 20.5 Å². The number of anilines is 4. The fraction of sp³-hybridized carbons (Fsp3) is 0.200. The summed E-state index contributed by atoms with van der Waals surface area (Å²) in [4.78, 5) is 78.2. The average Bonchev–Trinajstić information content (AvgIpc) is 3.21. The molecule has 2 atom stereocenters. The van der Waals surface area contributed by atoms with Gasteiger partial charge in [0.05, 0.1) is 22.1 Å². The second-order valence-corrected chi connectivity index (χ2v) is 15.5. The topological polar surface area (TPSA) is 200 Å². The Balaban J connectivity index is 1.27. The van der Waals surface area contributed by atoms with Gasteiger partial charge < -0.3 is 21.3 Å². The van der Waals surface area contributed by atoms with Crippen LogP contribution in [0.15, 0.2) is 105 Å². The Bertz CT molecular complexity index is 2520. The van der Waals surface area contributed by atoms with Crippen LogP contribution in [-0.2, 0) is 19.2 Å². The SMILES string of the molecule is CC(=O)C(/N=N/c1cc(C(=O)Nc2cccc(Cl)c2C)ccc1C)C(=O)Nc1cc(Cl)c(NC(=O)C(/N=N/c2cc(C(=O)Nc3cccc(Cl)c3C)ccc2C)C(C)=O)cc1C. The molecule has 0 saturated heterocycles. The Morgan fingerprint density at radius 2 is 0.887 bits per heavy atom. The molecule has 0 radical (unpaired) electrons. The van der Waals surface area contributed by atoms with Gasteiger partial charge in [0, 0.05) is 38.2 Å². The van der Waals surface area contributed by atoms with Crippen molar-refractivity contribution in [2.75, 3.05) is 21.3 Å². The monoisotopic (exact) mass is 894 g/mol. The smallest absolute Gasteiger partial charge is 0.258 e. The maximum atomic E-state index is 13.4. The first kappa shape index (κ1) is 46.5. The van der Waals surface area contributed by atoms with Crippen molar-refractivity contribution in [3.8, 4) is 0 Å². The largest absolute Gasteiger partial charge is 0.323 e. The first-order valence-electron chi connectivity index (χ1n) is 18.9. The van der Waals surface area contributed by atoms with Crippen molar-refractivity contribution in [1.82, 2.24) is 0 Å². The summed E-state index contributed by atoms with van der Waals surface area (Å²) >= 11 is 18.9. The molecule has 318 valence electrons. The van der Waals surface area contributed by atoms with E-state index in [1.54, 1.807) is 95.3 Å². The summed E-state index contributed by atoms with van der Waals surface area (Å²) in [5.74, 6) is -3.73. The Labute approximate surface area is 372 Å². The van der Waals surface area contributed by atoms with Gasteiger partial charge in [0.25, 0.3) is 23.6 Å². The number of carbonyl (C=O) groups excluding carboxylic acids is 6. The van der Waals surface area contributed by atoms with Crippen LogP contribution in [0.5, 0.6) is 0 Å². The molecule has 0 saturated carbocycles. The molecule has 0 aromatic heterocycles. The van der Waals surface area contributed by atoms with E-state index in [1.807, 2.05) is 0 Å². The standard InChI is InChI=1S/C45H41Cl3N8O6/c1-22-14-16-29(42(59)49-34-12-8-10-31(46)25(34)4)19-37(22)53-55-40(27(6)57)44(61)51-36-21-33(48)39(18-24(36)3)52-45(62)41(28(7)58)56-54-38-20-30(17-15-23(38)2)43(60)50-35-13-9-11-32(47)26(35)5/h8-21,40-41H,1-7H3,(H,49,59)(H,50,60)(H,51,61)(H,52,62)/b55-53+,56-54+. The van der Waals surface area contributed by atoms with Crippen molar-refractivity contribution in [3.63, 3.8) is 0 Å². The molecule has 0 heterocycles. The minimum absolute atomic E-state index is 0.0114. The van der Waals surface area contributed by atoms with Crippen molar-refractivity contribution >= 4 is 104 Å². The predicted molar refractivity (Wildman–Crippen MR) is 242 cm³/mol. The highest BCUT2D eigenvalue weighted by molar-refractivity contribution is 6.34. The van der Waals surface area contributed by atoms with Crippen LogP contribution in [0.1, 0.15) is 62.4 Å². The normalized spacial score (nSPS) is 12.2. The Kier molecular flexibility index (Phi) is 15.2. The summed E-state index contributed by atoms with van der Waals surface area (Å²) in [5, 5.41) is 28.2. The summed E-state index contributed by atoms with van der Waals surface area (Å²) in [7, 11) is 0. The van der Waals surface area contributed by atoms with E-state index in [4.69, 9.17) is 34.8 Å². The van der Waals surface area contributed by atoms with Crippen LogP contribution in [0.3, 0.4) is 0 Å². The number of Topliss-reactive ketones (excluding diaryl/α,β-unsaturated/α-hetero) is 2. The van der Waals surface area contributed by atoms with Crippen LogP contribution in [-0.4, -0.2) is 47.3 Å². The first-order valence-corrected chi connectivity index (χ1v) is 20.1.